The zero-order valence-electron chi connectivity index (χ0n) is 21.6. The SMILES string of the molecule is CN1CCN(CCCS(=O)(=O)c2ccc3nc(NC(=O)NC(=O)c4cc(-n5cncn5)ccc4Cl)sc3c2)CC1. The highest BCUT2D eigenvalue weighted by atomic mass is 35.5. The highest BCUT2D eigenvalue weighted by Gasteiger charge is 2.20. The molecule has 12 nitrogen and oxygen atoms in total. The first-order valence-corrected chi connectivity index (χ1v) is 15.3. The predicted molar refractivity (Wildman–Crippen MR) is 153 cm³/mol. The number of urea groups is 1. The van der Waals surface area contributed by atoms with E-state index in [-0.39, 0.29) is 26.4 Å². The van der Waals surface area contributed by atoms with Crippen molar-refractivity contribution in [2.45, 2.75) is 11.3 Å². The molecule has 4 aromatic rings. The molecule has 2 N–H and O–H groups in total. The number of sulfone groups is 1. The summed E-state index contributed by atoms with van der Waals surface area (Å²) in [5.74, 6) is -0.657. The maximum atomic E-state index is 13.0. The number of nitrogens with zero attached hydrogens (tertiary/aromatic N) is 6. The summed E-state index contributed by atoms with van der Waals surface area (Å²) in [5, 5.41) is 9.16. The number of anilines is 1. The summed E-state index contributed by atoms with van der Waals surface area (Å²) in [7, 11) is -1.39. The van der Waals surface area contributed by atoms with Gasteiger partial charge in [-0.25, -0.2) is 27.9 Å². The van der Waals surface area contributed by atoms with Gasteiger partial charge in [-0.1, -0.05) is 22.9 Å². The molecule has 15 heteroatoms. The lowest BCUT2D eigenvalue weighted by atomic mass is 10.2. The number of benzene rings is 2. The van der Waals surface area contributed by atoms with Crippen LogP contribution in [0, 0.1) is 0 Å². The van der Waals surface area contributed by atoms with Gasteiger partial charge in [-0.3, -0.25) is 15.4 Å². The molecule has 0 unspecified atom stereocenters. The minimum absolute atomic E-state index is 0.0555. The Morgan fingerprint density at radius 1 is 1.10 bits per heavy atom. The topological polar surface area (TPSA) is 142 Å². The summed E-state index contributed by atoms with van der Waals surface area (Å²) in [4.78, 5) is 38.2. The number of thiazole rings is 1. The molecule has 0 bridgehead atoms. The Morgan fingerprint density at radius 3 is 2.65 bits per heavy atom. The Balaban J connectivity index is 1.20. The maximum absolute atomic E-state index is 13.0. The Kier molecular flexibility index (Phi) is 8.42. The fourth-order valence-corrected chi connectivity index (χ4v) is 6.79. The van der Waals surface area contributed by atoms with Crippen molar-refractivity contribution in [3.05, 3.63) is 59.6 Å². The largest absolute Gasteiger partial charge is 0.327 e. The van der Waals surface area contributed by atoms with E-state index in [0.717, 1.165) is 44.1 Å². The third kappa shape index (κ3) is 6.64. The molecule has 1 fully saturated rings. The lowest BCUT2D eigenvalue weighted by molar-refractivity contribution is 0.0967. The molecule has 1 saturated heterocycles. The molecule has 3 heterocycles. The highest BCUT2D eigenvalue weighted by Crippen LogP contribution is 2.29. The Labute approximate surface area is 239 Å². The van der Waals surface area contributed by atoms with Crippen LogP contribution in [0.4, 0.5) is 9.93 Å². The quantitative estimate of drug-likeness (QED) is 0.311. The predicted octanol–water partition coefficient (Wildman–Crippen LogP) is 2.90. The van der Waals surface area contributed by atoms with Crippen LogP contribution in [0.25, 0.3) is 15.9 Å². The number of carbonyl (C=O) groups excluding carboxylic acids is 2. The molecule has 0 spiro atoms. The zero-order valence-corrected chi connectivity index (χ0v) is 24.0. The van der Waals surface area contributed by atoms with E-state index in [0.29, 0.717) is 22.3 Å². The van der Waals surface area contributed by atoms with Crippen LogP contribution in [-0.4, -0.2) is 95.4 Å². The van der Waals surface area contributed by atoms with Gasteiger partial charge >= 0.3 is 6.03 Å². The van der Waals surface area contributed by atoms with Crippen LogP contribution < -0.4 is 10.6 Å². The lowest BCUT2D eigenvalue weighted by Gasteiger charge is -2.32. The van der Waals surface area contributed by atoms with Crippen LogP contribution in [0.2, 0.25) is 5.02 Å². The van der Waals surface area contributed by atoms with Crippen molar-refractivity contribution in [1.29, 1.82) is 0 Å². The number of hydrogen-bond donors (Lipinski definition) is 2. The minimum atomic E-state index is -3.47. The first-order valence-electron chi connectivity index (χ1n) is 12.5. The van der Waals surface area contributed by atoms with Gasteiger partial charge in [0.15, 0.2) is 15.0 Å². The first kappa shape index (κ1) is 28.1. The van der Waals surface area contributed by atoms with Gasteiger partial charge in [0, 0.05) is 26.2 Å². The van der Waals surface area contributed by atoms with Crippen molar-refractivity contribution in [3.8, 4) is 5.69 Å². The van der Waals surface area contributed by atoms with Crippen molar-refractivity contribution in [2.75, 3.05) is 50.8 Å². The second-order valence-electron chi connectivity index (χ2n) is 9.38. The molecule has 0 atom stereocenters. The summed E-state index contributed by atoms with van der Waals surface area (Å²) in [5.41, 5.74) is 1.16. The van der Waals surface area contributed by atoms with E-state index in [2.05, 4.69) is 42.5 Å². The third-order valence-corrected chi connectivity index (χ3v) is 9.59. The molecule has 3 amide bonds. The van der Waals surface area contributed by atoms with Crippen molar-refractivity contribution in [1.82, 2.24) is 34.9 Å². The second-order valence-corrected chi connectivity index (χ2v) is 12.9. The molecule has 2 aromatic heterocycles. The van der Waals surface area contributed by atoms with Gasteiger partial charge in [0.2, 0.25) is 0 Å². The molecule has 40 heavy (non-hydrogen) atoms. The lowest BCUT2D eigenvalue weighted by Crippen LogP contribution is -2.44. The molecule has 5 rings (SSSR count). The number of nitrogens with one attached hydrogen (secondary N) is 2. The van der Waals surface area contributed by atoms with Crippen LogP contribution in [0.1, 0.15) is 16.8 Å². The number of carbonyl (C=O) groups is 2. The van der Waals surface area contributed by atoms with Gasteiger partial charge in [-0.15, -0.1) is 0 Å². The van der Waals surface area contributed by atoms with E-state index in [1.54, 1.807) is 18.2 Å². The smallest absolute Gasteiger partial charge is 0.304 e. The van der Waals surface area contributed by atoms with Crippen molar-refractivity contribution in [3.63, 3.8) is 0 Å². The van der Waals surface area contributed by atoms with Crippen LogP contribution in [0.3, 0.4) is 0 Å². The average Bonchev–Trinajstić information content (AvgIpc) is 3.59. The number of amides is 3. The monoisotopic (exact) mass is 602 g/mol. The Bertz CT molecular complexity index is 1630. The second kappa shape index (κ2) is 12.0. The highest BCUT2D eigenvalue weighted by molar-refractivity contribution is 7.91. The number of aromatic nitrogens is 4. The third-order valence-electron chi connectivity index (χ3n) is 6.53. The van der Waals surface area contributed by atoms with Gasteiger partial charge in [0.25, 0.3) is 5.91 Å². The van der Waals surface area contributed by atoms with Crippen LogP contribution >= 0.6 is 22.9 Å². The van der Waals surface area contributed by atoms with Gasteiger partial charge in [-0.05, 0) is 56.4 Å². The molecule has 2 aromatic carbocycles. The van der Waals surface area contributed by atoms with Crippen molar-refractivity contribution in [2.24, 2.45) is 0 Å². The minimum Gasteiger partial charge on any atom is -0.304 e. The molecular weight excluding hydrogens is 576 g/mol. The normalized spacial score (nSPS) is 14.8. The number of likely N-dealkylation sites (N-methyl/N-ethyl adjacent to an activating group) is 1. The number of piperazine rings is 1. The van der Waals surface area contributed by atoms with Crippen molar-refractivity contribution < 1.29 is 18.0 Å². The summed E-state index contributed by atoms with van der Waals surface area (Å²) >= 11 is 7.29. The average molecular weight is 603 g/mol. The molecular formula is C25H27ClN8O4S2. The van der Waals surface area contributed by atoms with E-state index in [9.17, 15) is 18.0 Å². The summed E-state index contributed by atoms with van der Waals surface area (Å²) in [6.07, 6.45) is 3.38. The number of imide groups is 1. The first-order chi connectivity index (χ1) is 19.2. The van der Waals surface area contributed by atoms with E-state index in [4.69, 9.17) is 11.6 Å². The fourth-order valence-electron chi connectivity index (χ4n) is 4.29. The summed E-state index contributed by atoms with van der Waals surface area (Å²) in [6, 6.07) is 8.59. The number of halogens is 1. The van der Waals surface area contributed by atoms with Gasteiger partial charge in [0.05, 0.1) is 37.1 Å². The molecule has 1 aliphatic rings. The molecule has 210 valence electrons. The number of hydrogen-bond acceptors (Lipinski definition) is 10. The van der Waals surface area contributed by atoms with E-state index >= 15 is 0 Å². The van der Waals surface area contributed by atoms with Crippen LogP contribution in [0.15, 0.2) is 53.9 Å². The maximum Gasteiger partial charge on any atom is 0.327 e. The molecule has 0 radical (unpaired) electrons. The standard InChI is InChI=1S/C25H27ClN8O4S2/c1-32-8-10-33(11-9-32)7-2-12-40(37,38)18-4-6-21-22(14-18)39-25(29-21)31-24(36)30-23(35)19-13-17(3-5-20(19)26)34-16-27-15-28-34/h3-6,13-16H,2,7-12H2,1H3,(H2,29,30,31,35,36). The molecule has 0 aliphatic carbocycles. The fraction of sp³-hybridized carbons (Fsp3) is 0.320. The van der Waals surface area contributed by atoms with Crippen LogP contribution in [-0.2, 0) is 9.84 Å². The van der Waals surface area contributed by atoms with Gasteiger partial charge in [-0.2, -0.15) is 5.10 Å². The van der Waals surface area contributed by atoms with E-state index in [1.165, 1.54) is 35.5 Å². The number of rotatable bonds is 8. The molecule has 1 aliphatic heterocycles. The number of fused-ring (bicyclic) bond motifs is 1. The van der Waals surface area contributed by atoms with Gasteiger partial charge in [0.1, 0.15) is 12.7 Å². The summed E-state index contributed by atoms with van der Waals surface area (Å²) < 4.78 is 28.0. The summed E-state index contributed by atoms with van der Waals surface area (Å²) in [6.45, 7) is 4.61. The Hall–Kier alpha value is -3.43. The van der Waals surface area contributed by atoms with Crippen molar-refractivity contribution >= 4 is 60.1 Å². The van der Waals surface area contributed by atoms with E-state index in [1.807, 2.05) is 0 Å². The Morgan fingerprint density at radius 2 is 1.90 bits per heavy atom. The van der Waals surface area contributed by atoms with Crippen LogP contribution in [0.5, 0.6) is 0 Å². The molecule has 0 saturated carbocycles. The zero-order chi connectivity index (χ0) is 28.3. The van der Waals surface area contributed by atoms with Gasteiger partial charge < -0.3 is 9.80 Å². The van der Waals surface area contributed by atoms with E-state index < -0.39 is 21.8 Å².